The van der Waals surface area contributed by atoms with E-state index < -0.39 is 29.9 Å². The highest BCUT2D eigenvalue weighted by Crippen LogP contribution is 2.20. The zero-order valence-corrected chi connectivity index (χ0v) is 22.1. The van der Waals surface area contributed by atoms with Crippen molar-refractivity contribution in [1.29, 1.82) is 0 Å². The Labute approximate surface area is 224 Å². The van der Waals surface area contributed by atoms with Crippen LogP contribution in [-0.2, 0) is 29.0 Å². The summed E-state index contributed by atoms with van der Waals surface area (Å²) in [5.41, 5.74) is 2.65. The predicted molar refractivity (Wildman–Crippen MR) is 143 cm³/mol. The highest BCUT2D eigenvalue weighted by Gasteiger charge is 2.30. The molecule has 0 saturated carbocycles. The van der Waals surface area contributed by atoms with Gasteiger partial charge in [-0.3, -0.25) is 14.6 Å². The van der Waals surface area contributed by atoms with Crippen LogP contribution in [0, 0.1) is 18.2 Å². The number of aromatic nitrogens is 1. The Hall–Kier alpha value is -3.48. The van der Waals surface area contributed by atoms with Crippen LogP contribution in [0.5, 0.6) is 5.75 Å². The minimum atomic E-state index is -1.02. The number of aliphatic hydroxyl groups is 1. The molecule has 8 nitrogen and oxygen atoms in total. The highest BCUT2D eigenvalue weighted by molar-refractivity contribution is 5.88. The predicted octanol–water partition coefficient (Wildman–Crippen LogP) is 2.37. The standard InChI is InChI=1S/C29H37FN4O4/c1-4-8-26-29(37)33-25(27(35)19-32-18-22-11-20(5-2)16-31-17-22)14-21-12-23(30)15-24(13-21)38-10-7-6-9-28(36)34(26)3/h1,11-13,15-17,25-27,32,35H,5-10,14,18-19H2,2-3H3,(H,33,37). The number of nitrogens with one attached hydrogen (secondary N) is 2. The van der Waals surface area contributed by atoms with E-state index in [0.717, 1.165) is 17.5 Å². The summed E-state index contributed by atoms with van der Waals surface area (Å²) in [5, 5.41) is 17.2. The number of amides is 2. The number of benzene rings is 1. The normalized spacial score (nSPS) is 19.9. The van der Waals surface area contributed by atoms with Gasteiger partial charge in [-0.25, -0.2) is 4.39 Å². The first kappa shape index (κ1) is 29.1. The number of rotatable bonds is 7. The van der Waals surface area contributed by atoms with E-state index >= 15 is 0 Å². The number of pyridine rings is 1. The zero-order valence-electron chi connectivity index (χ0n) is 22.1. The number of carbonyl (C=O) groups excluding carboxylic acids is 2. The average molecular weight is 525 g/mol. The minimum Gasteiger partial charge on any atom is -0.493 e. The maximum Gasteiger partial charge on any atom is 0.244 e. The number of likely N-dealkylation sites (N-methyl/N-ethyl adjacent to an activating group) is 1. The van der Waals surface area contributed by atoms with Gasteiger partial charge in [-0.2, -0.15) is 0 Å². The number of terminal acetylenes is 1. The van der Waals surface area contributed by atoms with E-state index in [9.17, 15) is 19.1 Å². The van der Waals surface area contributed by atoms with Gasteiger partial charge in [0.25, 0.3) is 0 Å². The summed E-state index contributed by atoms with van der Waals surface area (Å²) in [4.78, 5) is 31.7. The number of halogens is 1. The Morgan fingerprint density at radius 3 is 2.82 bits per heavy atom. The van der Waals surface area contributed by atoms with E-state index in [1.165, 1.54) is 17.0 Å². The maximum atomic E-state index is 14.4. The van der Waals surface area contributed by atoms with E-state index in [-0.39, 0.29) is 31.7 Å². The number of aryl methyl sites for hydroxylation is 1. The molecule has 3 atom stereocenters. The highest BCUT2D eigenvalue weighted by atomic mass is 19.1. The van der Waals surface area contributed by atoms with Crippen LogP contribution < -0.4 is 15.4 Å². The maximum absolute atomic E-state index is 14.4. The summed E-state index contributed by atoms with van der Waals surface area (Å²) in [7, 11) is 1.56. The molecular weight excluding hydrogens is 487 g/mol. The minimum absolute atomic E-state index is 0.0309. The molecule has 3 N–H and O–H groups in total. The van der Waals surface area contributed by atoms with Gasteiger partial charge >= 0.3 is 0 Å². The number of hydrogen-bond acceptors (Lipinski definition) is 6. The molecule has 0 spiro atoms. The summed E-state index contributed by atoms with van der Waals surface area (Å²) in [6, 6.07) is 4.75. The number of nitrogens with zero attached hydrogens (tertiary/aromatic N) is 2. The second kappa shape index (κ2) is 14.5. The van der Waals surface area contributed by atoms with Crippen LogP contribution in [0.1, 0.15) is 49.3 Å². The smallest absolute Gasteiger partial charge is 0.244 e. The third-order valence-corrected chi connectivity index (χ3v) is 6.65. The Morgan fingerprint density at radius 1 is 1.26 bits per heavy atom. The molecule has 1 aromatic heterocycles. The first-order valence-corrected chi connectivity index (χ1v) is 13.0. The number of aliphatic hydroxyl groups excluding tert-OH is 1. The second-order valence-electron chi connectivity index (χ2n) is 9.60. The lowest BCUT2D eigenvalue weighted by atomic mass is 9.99. The Kier molecular flexibility index (Phi) is 11.1. The lowest BCUT2D eigenvalue weighted by Gasteiger charge is -2.30. The Balaban J connectivity index is 1.82. The van der Waals surface area contributed by atoms with Gasteiger partial charge in [-0.1, -0.05) is 13.0 Å². The third-order valence-electron chi connectivity index (χ3n) is 6.65. The molecule has 9 heteroatoms. The lowest BCUT2D eigenvalue weighted by molar-refractivity contribution is -0.139. The first-order valence-electron chi connectivity index (χ1n) is 13.0. The van der Waals surface area contributed by atoms with Crippen LogP contribution in [0.25, 0.3) is 0 Å². The van der Waals surface area contributed by atoms with Crippen molar-refractivity contribution in [3.05, 3.63) is 59.2 Å². The molecule has 204 valence electrons. The number of fused-ring (bicyclic) bond motifs is 2. The molecule has 1 aromatic carbocycles. The SMILES string of the molecule is C#CCC1C(=O)NC(C(O)CNCc2cncc(CC)c2)Cc2cc(F)cc(c2)OCCCCC(=O)N1C. The molecule has 1 aliphatic rings. The Morgan fingerprint density at radius 2 is 2.05 bits per heavy atom. The van der Waals surface area contributed by atoms with Crippen molar-refractivity contribution in [2.45, 2.75) is 70.2 Å². The van der Waals surface area contributed by atoms with Gasteiger partial charge in [-0.05, 0) is 54.5 Å². The first-order chi connectivity index (χ1) is 18.3. The average Bonchev–Trinajstić information content (AvgIpc) is 2.90. The molecule has 2 amide bonds. The van der Waals surface area contributed by atoms with Gasteiger partial charge in [0.1, 0.15) is 17.6 Å². The number of ether oxygens (including phenoxy) is 1. The molecule has 2 bridgehead atoms. The molecule has 0 saturated heterocycles. The monoisotopic (exact) mass is 524 g/mol. The van der Waals surface area contributed by atoms with Crippen LogP contribution in [0.15, 0.2) is 36.7 Å². The summed E-state index contributed by atoms with van der Waals surface area (Å²) < 4.78 is 20.1. The molecule has 3 rings (SSSR count). The largest absolute Gasteiger partial charge is 0.493 e. The molecule has 0 aliphatic carbocycles. The van der Waals surface area contributed by atoms with Crippen molar-refractivity contribution in [1.82, 2.24) is 20.5 Å². The summed E-state index contributed by atoms with van der Waals surface area (Å²) >= 11 is 0. The van der Waals surface area contributed by atoms with Gasteiger partial charge in [-0.15, -0.1) is 12.3 Å². The van der Waals surface area contributed by atoms with Gasteiger partial charge < -0.3 is 25.4 Å². The van der Waals surface area contributed by atoms with E-state index in [0.29, 0.717) is 37.3 Å². The van der Waals surface area contributed by atoms with E-state index in [4.69, 9.17) is 11.2 Å². The van der Waals surface area contributed by atoms with Crippen LogP contribution in [0.4, 0.5) is 4.39 Å². The summed E-state index contributed by atoms with van der Waals surface area (Å²) in [6.45, 7) is 3.02. The van der Waals surface area contributed by atoms with Crippen molar-refractivity contribution in [3.63, 3.8) is 0 Å². The Bertz CT molecular complexity index is 1140. The van der Waals surface area contributed by atoms with Crippen LogP contribution in [0.2, 0.25) is 0 Å². The van der Waals surface area contributed by atoms with Crippen molar-refractivity contribution < 1.29 is 23.8 Å². The molecular formula is C29H37FN4O4. The molecule has 2 heterocycles. The van der Waals surface area contributed by atoms with Crippen molar-refractivity contribution in [2.24, 2.45) is 0 Å². The van der Waals surface area contributed by atoms with Crippen LogP contribution in [0.3, 0.4) is 0 Å². The molecule has 3 unspecified atom stereocenters. The van der Waals surface area contributed by atoms with Gasteiger partial charge in [0, 0.05) is 51.4 Å². The van der Waals surface area contributed by atoms with Crippen LogP contribution >= 0.6 is 0 Å². The zero-order chi connectivity index (χ0) is 27.5. The summed E-state index contributed by atoms with van der Waals surface area (Å²) in [5.74, 6) is 1.70. The van der Waals surface area contributed by atoms with Crippen molar-refractivity contribution in [3.8, 4) is 18.1 Å². The fraction of sp³-hybridized carbons (Fsp3) is 0.483. The fourth-order valence-electron chi connectivity index (χ4n) is 4.41. The summed E-state index contributed by atoms with van der Waals surface area (Å²) in [6.07, 6.45) is 10.5. The molecule has 0 radical (unpaired) electrons. The van der Waals surface area contributed by atoms with Gasteiger partial charge in [0.15, 0.2) is 0 Å². The molecule has 1 aliphatic heterocycles. The molecule has 0 fully saturated rings. The van der Waals surface area contributed by atoms with Gasteiger partial charge in [0.05, 0.1) is 18.8 Å². The quantitative estimate of drug-likeness (QED) is 0.481. The van der Waals surface area contributed by atoms with Crippen LogP contribution in [-0.4, -0.2) is 65.2 Å². The fourth-order valence-corrected chi connectivity index (χ4v) is 4.41. The van der Waals surface area contributed by atoms with Crippen molar-refractivity contribution in [2.75, 3.05) is 20.2 Å². The van der Waals surface area contributed by atoms with Gasteiger partial charge in [0.2, 0.25) is 11.8 Å². The van der Waals surface area contributed by atoms with Crippen molar-refractivity contribution >= 4 is 11.8 Å². The van der Waals surface area contributed by atoms with E-state index in [1.54, 1.807) is 19.3 Å². The van der Waals surface area contributed by atoms with E-state index in [1.807, 2.05) is 12.3 Å². The second-order valence-corrected chi connectivity index (χ2v) is 9.60. The molecule has 38 heavy (non-hydrogen) atoms. The number of carbonyl (C=O) groups is 2. The third kappa shape index (κ3) is 8.54. The van der Waals surface area contributed by atoms with E-state index in [2.05, 4.69) is 28.5 Å². The topological polar surface area (TPSA) is 104 Å². The lowest BCUT2D eigenvalue weighted by Crippen LogP contribution is -2.55. The number of hydrogen-bond donors (Lipinski definition) is 3. The molecule has 2 aromatic rings.